The minimum atomic E-state index is 0.410. The van der Waals surface area contributed by atoms with Gasteiger partial charge in [0.15, 0.2) is 0 Å². The van der Waals surface area contributed by atoms with Gasteiger partial charge in [-0.25, -0.2) is 4.98 Å². The summed E-state index contributed by atoms with van der Waals surface area (Å²) >= 11 is 0. The highest BCUT2D eigenvalue weighted by Crippen LogP contribution is 2.39. The van der Waals surface area contributed by atoms with Gasteiger partial charge in [0.05, 0.1) is 11.4 Å². The van der Waals surface area contributed by atoms with Crippen molar-refractivity contribution in [2.45, 2.75) is 60.3 Å². The molecule has 0 amide bonds. The molecule has 0 N–H and O–H groups in total. The zero-order valence-corrected chi connectivity index (χ0v) is 21.2. The molecule has 172 valence electrons. The number of rotatable bonds is 4. The molecule has 3 heteroatoms. The van der Waals surface area contributed by atoms with E-state index in [1.165, 1.54) is 27.8 Å². The molecule has 0 unspecified atom stereocenters. The summed E-state index contributed by atoms with van der Waals surface area (Å²) in [6, 6.07) is 19.4. The zero-order chi connectivity index (χ0) is 24.1. The van der Waals surface area contributed by atoms with E-state index in [2.05, 4.69) is 103 Å². The normalized spacial score (nSPS) is 11.9. The number of aromatic nitrogens is 2. The molecular weight excluding hydrogens is 416 g/mol. The molecule has 0 radical (unpaired) electrons. The molecule has 34 heavy (non-hydrogen) atoms. The largest absolute Gasteiger partial charge is 0.437 e. The van der Waals surface area contributed by atoms with E-state index in [1.54, 1.807) is 0 Å². The lowest BCUT2D eigenvalue weighted by Crippen LogP contribution is -2.00. The molecule has 3 nitrogen and oxygen atoms in total. The van der Waals surface area contributed by atoms with Crippen LogP contribution in [0.4, 0.5) is 0 Å². The van der Waals surface area contributed by atoms with Crippen LogP contribution in [-0.2, 0) is 0 Å². The fraction of sp³-hybridized carbons (Fsp3) is 0.290. The Labute approximate surface area is 201 Å². The second-order valence-corrected chi connectivity index (χ2v) is 9.99. The van der Waals surface area contributed by atoms with Crippen molar-refractivity contribution in [3.8, 4) is 22.5 Å². The standard InChI is InChI=1S/C31H32N2O/c1-17(2)22-10-8-11-23(18(3)4)29(22)27-15-14-25-24-12-9-13-26(30(24)34-31(25)33-27)28-16-19(5)20(6)21(7)32-28/h8-18H,1-7H3. The van der Waals surface area contributed by atoms with Gasteiger partial charge in [-0.1, -0.05) is 58.0 Å². The molecule has 0 aliphatic carbocycles. The van der Waals surface area contributed by atoms with E-state index in [0.29, 0.717) is 17.5 Å². The Morgan fingerprint density at radius 1 is 0.706 bits per heavy atom. The summed E-state index contributed by atoms with van der Waals surface area (Å²) in [5, 5.41) is 2.11. The van der Waals surface area contributed by atoms with Crippen molar-refractivity contribution in [1.29, 1.82) is 0 Å². The predicted molar refractivity (Wildman–Crippen MR) is 143 cm³/mol. The molecular formula is C31H32N2O. The lowest BCUT2D eigenvalue weighted by atomic mass is 9.87. The van der Waals surface area contributed by atoms with Crippen molar-refractivity contribution < 1.29 is 4.42 Å². The van der Waals surface area contributed by atoms with Crippen molar-refractivity contribution in [1.82, 2.24) is 9.97 Å². The van der Waals surface area contributed by atoms with Gasteiger partial charge < -0.3 is 4.42 Å². The minimum absolute atomic E-state index is 0.410. The Hall–Kier alpha value is -3.46. The maximum Gasteiger partial charge on any atom is 0.227 e. The first-order valence-corrected chi connectivity index (χ1v) is 12.2. The van der Waals surface area contributed by atoms with Crippen molar-refractivity contribution in [2.75, 3.05) is 0 Å². The third-order valence-electron chi connectivity index (χ3n) is 7.04. The second-order valence-electron chi connectivity index (χ2n) is 9.99. The smallest absolute Gasteiger partial charge is 0.227 e. The van der Waals surface area contributed by atoms with Gasteiger partial charge in [0, 0.05) is 27.6 Å². The summed E-state index contributed by atoms with van der Waals surface area (Å²) in [6.07, 6.45) is 0. The topological polar surface area (TPSA) is 38.9 Å². The van der Waals surface area contributed by atoms with Gasteiger partial charge in [-0.15, -0.1) is 0 Å². The van der Waals surface area contributed by atoms with E-state index in [0.717, 1.165) is 39.0 Å². The van der Waals surface area contributed by atoms with E-state index in [-0.39, 0.29) is 0 Å². The van der Waals surface area contributed by atoms with Gasteiger partial charge in [0.25, 0.3) is 0 Å². The van der Waals surface area contributed by atoms with Gasteiger partial charge in [-0.05, 0) is 79.1 Å². The number of hydrogen-bond acceptors (Lipinski definition) is 3. The van der Waals surface area contributed by atoms with Crippen LogP contribution in [0, 0.1) is 20.8 Å². The van der Waals surface area contributed by atoms with Crippen molar-refractivity contribution >= 4 is 22.1 Å². The summed E-state index contributed by atoms with van der Waals surface area (Å²) in [5.41, 5.74) is 11.9. The predicted octanol–water partition coefficient (Wildman–Crippen LogP) is 8.88. The van der Waals surface area contributed by atoms with Crippen LogP contribution < -0.4 is 0 Å². The lowest BCUT2D eigenvalue weighted by molar-refractivity contribution is 0.655. The molecule has 0 aliphatic heterocycles. The average molecular weight is 449 g/mol. The molecule has 3 heterocycles. The van der Waals surface area contributed by atoms with Crippen LogP contribution in [0.3, 0.4) is 0 Å². The van der Waals surface area contributed by atoms with Crippen LogP contribution in [0.15, 0.2) is 59.0 Å². The number of hydrogen-bond donors (Lipinski definition) is 0. The van der Waals surface area contributed by atoms with Crippen LogP contribution >= 0.6 is 0 Å². The number of para-hydroxylation sites is 1. The fourth-order valence-corrected chi connectivity index (χ4v) is 4.90. The number of pyridine rings is 2. The molecule has 3 aromatic heterocycles. The fourth-order valence-electron chi connectivity index (χ4n) is 4.90. The first kappa shape index (κ1) is 22.3. The molecule has 0 saturated heterocycles. The molecule has 0 atom stereocenters. The zero-order valence-electron chi connectivity index (χ0n) is 21.2. The van der Waals surface area contributed by atoms with E-state index < -0.39 is 0 Å². The molecule has 0 aliphatic rings. The quantitative estimate of drug-likeness (QED) is 0.275. The highest BCUT2D eigenvalue weighted by molar-refractivity contribution is 6.08. The van der Waals surface area contributed by atoms with Crippen molar-refractivity contribution in [3.05, 3.63) is 82.5 Å². The van der Waals surface area contributed by atoms with Crippen LogP contribution in [0.5, 0.6) is 0 Å². The number of nitrogens with zero attached hydrogens (tertiary/aromatic N) is 2. The number of furan rings is 1. The molecule has 0 bridgehead atoms. The molecule has 0 spiro atoms. The Bertz CT molecular complexity index is 1490. The van der Waals surface area contributed by atoms with Crippen LogP contribution in [-0.4, -0.2) is 9.97 Å². The average Bonchev–Trinajstić information content (AvgIpc) is 3.19. The first-order chi connectivity index (χ1) is 16.3. The number of aryl methyl sites for hydroxylation is 2. The highest BCUT2D eigenvalue weighted by Gasteiger charge is 2.19. The maximum atomic E-state index is 6.46. The minimum Gasteiger partial charge on any atom is -0.437 e. The molecule has 5 rings (SSSR count). The SMILES string of the molecule is Cc1cc(-c2cccc3c2oc2nc(-c4c(C(C)C)cccc4C(C)C)ccc23)nc(C)c1C. The van der Waals surface area contributed by atoms with Crippen LogP contribution in [0.1, 0.15) is 67.5 Å². The van der Waals surface area contributed by atoms with Gasteiger partial charge in [0.2, 0.25) is 5.71 Å². The summed E-state index contributed by atoms with van der Waals surface area (Å²) < 4.78 is 6.46. The van der Waals surface area contributed by atoms with Crippen molar-refractivity contribution in [3.63, 3.8) is 0 Å². The summed E-state index contributed by atoms with van der Waals surface area (Å²) in [7, 11) is 0. The third-order valence-corrected chi connectivity index (χ3v) is 7.04. The molecule has 2 aromatic carbocycles. The highest BCUT2D eigenvalue weighted by atomic mass is 16.3. The first-order valence-electron chi connectivity index (χ1n) is 12.2. The Morgan fingerprint density at radius 3 is 2.03 bits per heavy atom. The van der Waals surface area contributed by atoms with Gasteiger partial charge >= 0.3 is 0 Å². The third kappa shape index (κ3) is 3.60. The van der Waals surface area contributed by atoms with Crippen LogP contribution in [0.2, 0.25) is 0 Å². The molecule has 0 fully saturated rings. The summed E-state index contributed by atoms with van der Waals surface area (Å²) in [5.74, 6) is 0.820. The van der Waals surface area contributed by atoms with Gasteiger partial charge in [-0.3, -0.25) is 4.98 Å². The van der Waals surface area contributed by atoms with E-state index in [4.69, 9.17) is 14.4 Å². The maximum absolute atomic E-state index is 6.46. The van der Waals surface area contributed by atoms with E-state index in [1.807, 2.05) is 0 Å². The molecule has 0 saturated carbocycles. The van der Waals surface area contributed by atoms with Crippen molar-refractivity contribution in [2.24, 2.45) is 0 Å². The lowest BCUT2D eigenvalue weighted by Gasteiger charge is -2.19. The summed E-state index contributed by atoms with van der Waals surface area (Å²) in [4.78, 5) is 9.94. The van der Waals surface area contributed by atoms with Gasteiger partial charge in [-0.2, -0.15) is 0 Å². The second kappa shape index (κ2) is 8.39. The monoisotopic (exact) mass is 448 g/mol. The van der Waals surface area contributed by atoms with E-state index >= 15 is 0 Å². The van der Waals surface area contributed by atoms with E-state index in [9.17, 15) is 0 Å². The van der Waals surface area contributed by atoms with Gasteiger partial charge in [0.1, 0.15) is 5.58 Å². The number of fused-ring (bicyclic) bond motifs is 3. The van der Waals surface area contributed by atoms with Crippen LogP contribution in [0.25, 0.3) is 44.6 Å². The Morgan fingerprint density at radius 2 is 1.38 bits per heavy atom. The molecule has 5 aromatic rings. The number of benzene rings is 2. The Kier molecular flexibility index (Phi) is 5.51. The Balaban J connectivity index is 1.75. The summed E-state index contributed by atoms with van der Waals surface area (Å²) in [6.45, 7) is 15.3.